The van der Waals surface area contributed by atoms with Crippen LogP contribution in [0, 0.1) is 5.82 Å². The Morgan fingerprint density at radius 3 is 2.94 bits per heavy atom. The van der Waals surface area contributed by atoms with Gasteiger partial charge in [-0.05, 0) is 40.2 Å². The van der Waals surface area contributed by atoms with Gasteiger partial charge in [-0.2, -0.15) is 5.10 Å². The Morgan fingerprint density at radius 2 is 2.28 bits per heavy atom. The number of aromatic nitrogens is 2. The zero-order chi connectivity index (χ0) is 13.1. The summed E-state index contributed by atoms with van der Waals surface area (Å²) >= 11 is 3.22. The topological polar surface area (TPSA) is 46.9 Å². The van der Waals surface area contributed by atoms with Crippen molar-refractivity contribution >= 4 is 21.8 Å². The number of amides is 1. The van der Waals surface area contributed by atoms with E-state index in [-0.39, 0.29) is 11.5 Å². The summed E-state index contributed by atoms with van der Waals surface area (Å²) in [5, 5.41) is 6.71. The highest BCUT2D eigenvalue weighted by molar-refractivity contribution is 9.10. The molecule has 1 heterocycles. The van der Waals surface area contributed by atoms with Gasteiger partial charge in [0.05, 0.1) is 17.8 Å². The Kier molecular flexibility index (Phi) is 3.76. The van der Waals surface area contributed by atoms with Crippen LogP contribution < -0.4 is 5.32 Å². The van der Waals surface area contributed by atoms with Gasteiger partial charge in [0.15, 0.2) is 0 Å². The normalized spacial score (nSPS) is 10.4. The van der Waals surface area contributed by atoms with E-state index >= 15 is 0 Å². The third-order valence-corrected chi connectivity index (χ3v) is 3.22. The maximum absolute atomic E-state index is 13.1. The molecule has 18 heavy (non-hydrogen) atoms. The van der Waals surface area contributed by atoms with Crippen LogP contribution in [0.2, 0.25) is 0 Å². The number of benzene rings is 1. The molecule has 4 nitrogen and oxygen atoms in total. The SMILES string of the molecule is Cn1nccc1CNC(=O)c1cc(F)ccc1Br. The van der Waals surface area contributed by atoms with Crippen molar-refractivity contribution in [2.24, 2.45) is 7.05 Å². The fraction of sp³-hybridized carbons (Fsp3) is 0.167. The quantitative estimate of drug-likeness (QED) is 0.945. The molecule has 0 radical (unpaired) electrons. The van der Waals surface area contributed by atoms with Crippen LogP contribution in [0.4, 0.5) is 4.39 Å². The number of halogens is 2. The van der Waals surface area contributed by atoms with E-state index in [0.29, 0.717) is 11.0 Å². The number of rotatable bonds is 3. The van der Waals surface area contributed by atoms with Gasteiger partial charge >= 0.3 is 0 Å². The molecule has 0 aliphatic heterocycles. The van der Waals surface area contributed by atoms with Crippen molar-refractivity contribution in [1.29, 1.82) is 0 Å². The van der Waals surface area contributed by atoms with Crippen LogP contribution in [0.5, 0.6) is 0 Å². The lowest BCUT2D eigenvalue weighted by Crippen LogP contribution is -2.24. The molecule has 0 aliphatic rings. The number of aryl methyl sites for hydroxylation is 1. The Bertz CT molecular complexity index is 582. The molecule has 2 aromatic rings. The van der Waals surface area contributed by atoms with Crippen LogP contribution >= 0.6 is 15.9 Å². The molecule has 94 valence electrons. The van der Waals surface area contributed by atoms with E-state index in [4.69, 9.17) is 0 Å². The molecule has 0 bridgehead atoms. The van der Waals surface area contributed by atoms with E-state index in [0.717, 1.165) is 5.69 Å². The fourth-order valence-electron chi connectivity index (χ4n) is 1.51. The van der Waals surface area contributed by atoms with Crippen LogP contribution in [-0.2, 0) is 13.6 Å². The van der Waals surface area contributed by atoms with Crippen LogP contribution in [0.1, 0.15) is 16.1 Å². The second kappa shape index (κ2) is 5.30. The summed E-state index contributed by atoms with van der Waals surface area (Å²) in [6.07, 6.45) is 1.65. The molecular weight excluding hydrogens is 301 g/mol. The molecule has 0 spiro atoms. The van der Waals surface area contributed by atoms with Crippen molar-refractivity contribution in [1.82, 2.24) is 15.1 Å². The molecule has 1 N–H and O–H groups in total. The molecule has 0 fully saturated rings. The molecular formula is C12H11BrFN3O. The largest absolute Gasteiger partial charge is 0.346 e. The highest BCUT2D eigenvalue weighted by Crippen LogP contribution is 2.17. The predicted octanol–water partition coefficient (Wildman–Crippen LogP) is 2.25. The molecule has 0 saturated heterocycles. The van der Waals surface area contributed by atoms with Gasteiger partial charge < -0.3 is 5.32 Å². The molecule has 1 aromatic carbocycles. The molecule has 0 unspecified atom stereocenters. The molecule has 1 aromatic heterocycles. The molecule has 0 saturated carbocycles. The fourth-order valence-corrected chi connectivity index (χ4v) is 1.94. The third-order valence-electron chi connectivity index (χ3n) is 2.53. The lowest BCUT2D eigenvalue weighted by molar-refractivity contribution is 0.0949. The average Bonchev–Trinajstić information content (AvgIpc) is 2.75. The molecule has 1 amide bonds. The lowest BCUT2D eigenvalue weighted by atomic mass is 10.2. The van der Waals surface area contributed by atoms with Gasteiger partial charge in [-0.3, -0.25) is 9.48 Å². The average molecular weight is 312 g/mol. The second-order valence-electron chi connectivity index (χ2n) is 3.75. The standard InChI is InChI=1S/C12H11BrFN3O/c1-17-9(4-5-16-17)7-15-12(18)10-6-8(14)2-3-11(10)13/h2-6H,7H2,1H3,(H,15,18). The summed E-state index contributed by atoms with van der Waals surface area (Å²) in [6, 6.07) is 5.81. The van der Waals surface area contributed by atoms with E-state index in [1.807, 2.05) is 0 Å². The monoisotopic (exact) mass is 311 g/mol. The summed E-state index contributed by atoms with van der Waals surface area (Å²) < 4.78 is 15.3. The number of carbonyl (C=O) groups excluding carboxylic acids is 1. The summed E-state index contributed by atoms with van der Waals surface area (Å²) in [6.45, 7) is 0.346. The predicted molar refractivity (Wildman–Crippen MR) is 68.5 cm³/mol. The van der Waals surface area contributed by atoms with Gasteiger partial charge in [0.1, 0.15) is 5.82 Å². The highest BCUT2D eigenvalue weighted by atomic mass is 79.9. The third kappa shape index (κ3) is 2.76. The summed E-state index contributed by atoms with van der Waals surface area (Å²) in [5.74, 6) is -0.772. The first-order valence-corrected chi connectivity index (χ1v) is 6.07. The van der Waals surface area contributed by atoms with Crippen LogP contribution in [-0.4, -0.2) is 15.7 Å². The van der Waals surface area contributed by atoms with Gasteiger partial charge in [0.25, 0.3) is 5.91 Å². The number of nitrogens with zero attached hydrogens (tertiary/aromatic N) is 2. The zero-order valence-electron chi connectivity index (χ0n) is 9.65. The van der Waals surface area contributed by atoms with E-state index < -0.39 is 5.82 Å². The van der Waals surface area contributed by atoms with Crippen molar-refractivity contribution in [3.63, 3.8) is 0 Å². The zero-order valence-corrected chi connectivity index (χ0v) is 11.2. The summed E-state index contributed by atoms with van der Waals surface area (Å²) in [7, 11) is 1.79. The van der Waals surface area contributed by atoms with Gasteiger partial charge in [-0.1, -0.05) is 0 Å². The smallest absolute Gasteiger partial charge is 0.252 e. The van der Waals surface area contributed by atoms with E-state index in [2.05, 4.69) is 26.3 Å². The van der Waals surface area contributed by atoms with Crippen molar-refractivity contribution in [3.05, 3.63) is 52.0 Å². The molecule has 0 atom stereocenters. The number of hydrogen-bond acceptors (Lipinski definition) is 2. The number of carbonyl (C=O) groups is 1. The Morgan fingerprint density at radius 1 is 1.50 bits per heavy atom. The van der Waals surface area contributed by atoms with Gasteiger partial charge in [-0.25, -0.2) is 4.39 Å². The lowest BCUT2D eigenvalue weighted by Gasteiger charge is -2.07. The highest BCUT2D eigenvalue weighted by Gasteiger charge is 2.11. The first-order valence-electron chi connectivity index (χ1n) is 5.28. The first-order chi connectivity index (χ1) is 8.58. The Balaban J connectivity index is 2.08. The van der Waals surface area contributed by atoms with E-state index in [1.54, 1.807) is 24.0 Å². The number of hydrogen-bond donors (Lipinski definition) is 1. The second-order valence-corrected chi connectivity index (χ2v) is 4.61. The first kappa shape index (κ1) is 12.8. The maximum Gasteiger partial charge on any atom is 0.252 e. The van der Waals surface area contributed by atoms with Gasteiger partial charge in [0, 0.05) is 17.7 Å². The summed E-state index contributed by atoms with van der Waals surface area (Å²) in [4.78, 5) is 11.9. The Hall–Kier alpha value is -1.69. The van der Waals surface area contributed by atoms with Crippen molar-refractivity contribution in [2.75, 3.05) is 0 Å². The molecule has 2 rings (SSSR count). The molecule has 0 aliphatic carbocycles. The van der Waals surface area contributed by atoms with Crippen LogP contribution in [0.15, 0.2) is 34.9 Å². The maximum atomic E-state index is 13.1. The number of nitrogens with one attached hydrogen (secondary N) is 1. The minimum Gasteiger partial charge on any atom is -0.346 e. The Labute approximate surface area is 112 Å². The van der Waals surface area contributed by atoms with Crippen LogP contribution in [0.3, 0.4) is 0 Å². The van der Waals surface area contributed by atoms with Gasteiger partial charge in [0.2, 0.25) is 0 Å². The summed E-state index contributed by atoms with van der Waals surface area (Å²) in [5.41, 5.74) is 1.15. The van der Waals surface area contributed by atoms with Crippen LogP contribution in [0.25, 0.3) is 0 Å². The van der Waals surface area contributed by atoms with Gasteiger partial charge in [-0.15, -0.1) is 0 Å². The van der Waals surface area contributed by atoms with Crippen molar-refractivity contribution in [3.8, 4) is 0 Å². The van der Waals surface area contributed by atoms with E-state index in [9.17, 15) is 9.18 Å². The van der Waals surface area contributed by atoms with E-state index in [1.165, 1.54) is 18.2 Å². The molecule has 6 heteroatoms. The van der Waals surface area contributed by atoms with Crippen molar-refractivity contribution in [2.45, 2.75) is 6.54 Å². The minimum absolute atomic E-state index is 0.275. The minimum atomic E-state index is -0.441. The van der Waals surface area contributed by atoms with Crippen molar-refractivity contribution < 1.29 is 9.18 Å².